The van der Waals surface area contributed by atoms with Crippen LogP contribution in [0.25, 0.3) is 0 Å². The molecule has 0 aromatic carbocycles. The molecule has 0 atom stereocenters. The summed E-state index contributed by atoms with van der Waals surface area (Å²) in [6.45, 7) is 0. The molecule has 0 radical (unpaired) electrons. The third kappa shape index (κ3) is 5.23. The van der Waals surface area contributed by atoms with Gasteiger partial charge in [0.05, 0.1) is 11.1 Å². The molecule has 2 heterocycles. The van der Waals surface area contributed by atoms with Gasteiger partial charge in [0.25, 0.3) is 0 Å². The van der Waals surface area contributed by atoms with Crippen molar-refractivity contribution in [1.29, 1.82) is 0 Å². The molecular weight excluding hydrogens is 340 g/mol. The Morgan fingerprint density at radius 1 is 0.731 bits per heavy atom. The highest BCUT2D eigenvalue weighted by atomic mass is 16.2. The SMILES string of the molecule is NC(=O)c1ccc(NC(=O)/C=C/C(=O)Nc2ccc(C(N)=O)cn2)nc1. The number of amides is 4. The number of anilines is 2. The summed E-state index contributed by atoms with van der Waals surface area (Å²) in [6, 6.07) is 5.61. The van der Waals surface area contributed by atoms with Crippen LogP contribution >= 0.6 is 0 Å². The highest BCUT2D eigenvalue weighted by Gasteiger charge is 2.05. The topological polar surface area (TPSA) is 170 Å². The molecular formula is C16H14N6O4. The largest absolute Gasteiger partial charge is 0.366 e. The van der Waals surface area contributed by atoms with Crippen molar-refractivity contribution < 1.29 is 19.2 Å². The lowest BCUT2D eigenvalue weighted by atomic mass is 10.3. The number of nitrogens with zero attached hydrogens (tertiary/aromatic N) is 2. The molecule has 2 rings (SSSR count). The number of pyridine rings is 2. The molecule has 10 nitrogen and oxygen atoms in total. The lowest BCUT2D eigenvalue weighted by Gasteiger charge is -2.03. The number of nitrogens with two attached hydrogens (primary N) is 2. The van der Waals surface area contributed by atoms with Crippen LogP contribution in [0.5, 0.6) is 0 Å². The summed E-state index contributed by atoms with van der Waals surface area (Å²) >= 11 is 0. The quantitative estimate of drug-likeness (QED) is 0.524. The van der Waals surface area contributed by atoms with E-state index in [9.17, 15) is 19.2 Å². The number of rotatable bonds is 6. The van der Waals surface area contributed by atoms with Gasteiger partial charge in [-0.1, -0.05) is 0 Å². The van der Waals surface area contributed by atoms with Crippen molar-refractivity contribution in [2.24, 2.45) is 11.5 Å². The Bertz CT molecular complexity index is 801. The van der Waals surface area contributed by atoms with Gasteiger partial charge in [-0.2, -0.15) is 0 Å². The third-order valence-electron chi connectivity index (χ3n) is 2.98. The Morgan fingerprint density at radius 2 is 1.12 bits per heavy atom. The molecule has 10 heteroatoms. The van der Waals surface area contributed by atoms with Crippen LogP contribution in [0.4, 0.5) is 11.6 Å². The Balaban J connectivity index is 1.89. The molecule has 2 aromatic rings. The van der Waals surface area contributed by atoms with Gasteiger partial charge in [-0.25, -0.2) is 9.97 Å². The van der Waals surface area contributed by atoms with E-state index in [4.69, 9.17) is 11.5 Å². The van der Waals surface area contributed by atoms with Gasteiger partial charge in [0.2, 0.25) is 23.6 Å². The lowest BCUT2D eigenvalue weighted by Crippen LogP contribution is -2.15. The second-order valence-corrected chi connectivity index (χ2v) is 4.90. The average molecular weight is 354 g/mol. The fourth-order valence-corrected chi connectivity index (χ4v) is 1.71. The Labute approximate surface area is 147 Å². The number of hydrogen-bond acceptors (Lipinski definition) is 6. The third-order valence-corrected chi connectivity index (χ3v) is 2.98. The van der Waals surface area contributed by atoms with E-state index in [1.807, 2.05) is 0 Å². The summed E-state index contributed by atoms with van der Waals surface area (Å²) in [5, 5.41) is 4.82. The number of primary amides is 2. The molecule has 2 aromatic heterocycles. The van der Waals surface area contributed by atoms with Gasteiger partial charge < -0.3 is 22.1 Å². The van der Waals surface area contributed by atoms with Crippen LogP contribution in [0.15, 0.2) is 48.8 Å². The molecule has 132 valence electrons. The summed E-state index contributed by atoms with van der Waals surface area (Å²) < 4.78 is 0. The summed E-state index contributed by atoms with van der Waals surface area (Å²) in [5.74, 6) is -2.09. The zero-order valence-electron chi connectivity index (χ0n) is 13.3. The van der Waals surface area contributed by atoms with Gasteiger partial charge in [0.15, 0.2) is 0 Å². The van der Waals surface area contributed by atoms with Gasteiger partial charge in [-0.3, -0.25) is 19.2 Å². The minimum absolute atomic E-state index is 0.189. The summed E-state index contributed by atoms with van der Waals surface area (Å²) in [5.41, 5.74) is 10.6. The van der Waals surface area contributed by atoms with E-state index in [-0.39, 0.29) is 22.8 Å². The minimum Gasteiger partial charge on any atom is -0.366 e. The highest BCUT2D eigenvalue weighted by molar-refractivity contribution is 6.06. The van der Waals surface area contributed by atoms with Crippen molar-refractivity contribution in [3.8, 4) is 0 Å². The van der Waals surface area contributed by atoms with Gasteiger partial charge in [-0.05, 0) is 24.3 Å². The van der Waals surface area contributed by atoms with Crippen molar-refractivity contribution in [3.05, 3.63) is 59.9 Å². The second kappa shape index (κ2) is 8.15. The van der Waals surface area contributed by atoms with E-state index in [1.165, 1.54) is 36.7 Å². The van der Waals surface area contributed by atoms with Crippen LogP contribution in [0, 0.1) is 0 Å². The number of hydrogen-bond donors (Lipinski definition) is 4. The summed E-state index contributed by atoms with van der Waals surface area (Å²) in [7, 11) is 0. The zero-order valence-corrected chi connectivity index (χ0v) is 13.3. The first-order chi connectivity index (χ1) is 12.3. The van der Waals surface area contributed by atoms with Gasteiger partial charge in [0.1, 0.15) is 11.6 Å². The van der Waals surface area contributed by atoms with E-state index >= 15 is 0 Å². The van der Waals surface area contributed by atoms with Crippen LogP contribution in [-0.4, -0.2) is 33.6 Å². The molecule has 0 bridgehead atoms. The predicted molar refractivity (Wildman–Crippen MR) is 91.9 cm³/mol. The monoisotopic (exact) mass is 354 g/mol. The molecule has 0 saturated carbocycles. The molecule has 0 saturated heterocycles. The molecule has 6 N–H and O–H groups in total. The molecule has 0 spiro atoms. The Kier molecular flexibility index (Phi) is 5.72. The van der Waals surface area contributed by atoms with Crippen molar-refractivity contribution in [2.45, 2.75) is 0 Å². The first kappa shape index (κ1) is 18.3. The lowest BCUT2D eigenvalue weighted by molar-refractivity contribution is -0.114. The molecule has 4 amide bonds. The number of carbonyl (C=O) groups excluding carboxylic acids is 4. The van der Waals surface area contributed by atoms with Gasteiger partial charge in [-0.15, -0.1) is 0 Å². The Morgan fingerprint density at radius 3 is 1.38 bits per heavy atom. The predicted octanol–water partition coefficient (Wildman–Crippen LogP) is -0.192. The second-order valence-electron chi connectivity index (χ2n) is 4.90. The fourth-order valence-electron chi connectivity index (χ4n) is 1.71. The molecule has 0 aliphatic heterocycles. The molecule has 0 aliphatic carbocycles. The maximum absolute atomic E-state index is 11.7. The fraction of sp³-hybridized carbons (Fsp3) is 0. The first-order valence-electron chi connectivity index (χ1n) is 7.17. The van der Waals surface area contributed by atoms with Gasteiger partial charge >= 0.3 is 0 Å². The smallest absolute Gasteiger partial charge is 0.250 e. The molecule has 26 heavy (non-hydrogen) atoms. The Hall–Kier alpha value is -4.08. The first-order valence-corrected chi connectivity index (χ1v) is 7.17. The van der Waals surface area contributed by atoms with Crippen LogP contribution < -0.4 is 22.1 Å². The van der Waals surface area contributed by atoms with Crippen LogP contribution in [-0.2, 0) is 9.59 Å². The van der Waals surface area contributed by atoms with Crippen molar-refractivity contribution in [2.75, 3.05) is 10.6 Å². The maximum Gasteiger partial charge on any atom is 0.250 e. The van der Waals surface area contributed by atoms with Crippen LogP contribution in [0.3, 0.4) is 0 Å². The number of carbonyl (C=O) groups is 4. The van der Waals surface area contributed by atoms with Crippen LogP contribution in [0.2, 0.25) is 0 Å². The summed E-state index contributed by atoms with van der Waals surface area (Å²) in [6.07, 6.45) is 4.43. The number of aromatic nitrogens is 2. The molecule has 0 fully saturated rings. The van der Waals surface area contributed by atoms with E-state index < -0.39 is 23.6 Å². The standard InChI is InChI=1S/C16H14N6O4/c17-15(25)9-1-3-11(19-7-9)21-13(23)5-6-14(24)22-12-4-2-10(8-20-12)16(18)26/h1-8H,(H2,17,25)(H2,18,26)(H,19,21,23)(H,20,22,24)/b6-5+. The average Bonchev–Trinajstić information content (AvgIpc) is 2.61. The summed E-state index contributed by atoms with van der Waals surface area (Å²) in [4.78, 5) is 53.0. The number of nitrogens with one attached hydrogen (secondary N) is 2. The molecule has 0 aliphatic rings. The van der Waals surface area contributed by atoms with E-state index in [2.05, 4.69) is 20.6 Å². The minimum atomic E-state index is -0.635. The van der Waals surface area contributed by atoms with Crippen molar-refractivity contribution >= 4 is 35.3 Å². The zero-order chi connectivity index (χ0) is 19.1. The molecule has 0 unspecified atom stereocenters. The van der Waals surface area contributed by atoms with Crippen molar-refractivity contribution in [1.82, 2.24) is 9.97 Å². The normalized spacial score (nSPS) is 10.3. The van der Waals surface area contributed by atoms with E-state index in [0.29, 0.717) is 0 Å². The van der Waals surface area contributed by atoms with Gasteiger partial charge in [0, 0.05) is 24.5 Å². The van der Waals surface area contributed by atoms with E-state index in [0.717, 1.165) is 12.2 Å². The van der Waals surface area contributed by atoms with Crippen LogP contribution in [0.1, 0.15) is 20.7 Å². The van der Waals surface area contributed by atoms with Crippen molar-refractivity contribution in [3.63, 3.8) is 0 Å². The highest BCUT2D eigenvalue weighted by Crippen LogP contribution is 2.06. The maximum atomic E-state index is 11.7. The van der Waals surface area contributed by atoms with E-state index in [1.54, 1.807) is 0 Å².